The first-order chi connectivity index (χ1) is 11.0. The molecule has 0 spiro atoms. The summed E-state index contributed by atoms with van der Waals surface area (Å²) in [7, 11) is 1.34. The first-order valence-corrected chi connectivity index (χ1v) is 8.11. The minimum absolute atomic E-state index is 0.0270. The first kappa shape index (κ1) is 19.1. The number of esters is 1. The van der Waals surface area contributed by atoms with E-state index >= 15 is 0 Å². The Morgan fingerprint density at radius 2 is 1.74 bits per heavy atom. The predicted octanol–water partition coefficient (Wildman–Crippen LogP) is 3.20. The number of amides is 1. The van der Waals surface area contributed by atoms with Gasteiger partial charge in [-0.05, 0) is 37.0 Å². The van der Waals surface area contributed by atoms with E-state index < -0.39 is 0 Å². The number of carbonyl (C=O) groups is 2. The van der Waals surface area contributed by atoms with Gasteiger partial charge in [-0.25, -0.2) is 4.39 Å². The molecule has 0 heterocycles. The highest BCUT2D eigenvalue weighted by molar-refractivity contribution is 5.79. The lowest BCUT2D eigenvalue weighted by atomic mass is 10.0. The van der Waals surface area contributed by atoms with Crippen LogP contribution in [0.15, 0.2) is 24.3 Å². The molecule has 0 fully saturated rings. The predicted molar refractivity (Wildman–Crippen MR) is 87.4 cm³/mol. The van der Waals surface area contributed by atoms with Crippen molar-refractivity contribution in [3.63, 3.8) is 0 Å². The maximum Gasteiger partial charge on any atom is 0.307 e. The van der Waals surface area contributed by atoms with E-state index in [9.17, 15) is 14.0 Å². The molecule has 1 amide bonds. The van der Waals surface area contributed by atoms with Crippen LogP contribution in [0.4, 0.5) is 4.39 Å². The SMILES string of the molecule is CCC(CC)C(=O)N(CCC(=O)OC)CCc1ccc(F)cc1. The van der Waals surface area contributed by atoms with Crippen LogP contribution in [0.2, 0.25) is 0 Å². The molecule has 0 radical (unpaired) electrons. The average Bonchev–Trinajstić information content (AvgIpc) is 2.57. The number of hydrogen-bond donors (Lipinski definition) is 0. The van der Waals surface area contributed by atoms with Gasteiger partial charge in [0.1, 0.15) is 5.82 Å². The third kappa shape index (κ3) is 6.38. The summed E-state index contributed by atoms with van der Waals surface area (Å²) in [4.78, 5) is 25.7. The van der Waals surface area contributed by atoms with Crippen molar-refractivity contribution in [1.82, 2.24) is 4.90 Å². The van der Waals surface area contributed by atoms with Crippen molar-refractivity contribution in [1.29, 1.82) is 0 Å². The van der Waals surface area contributed by atoms with Crippen LogP contribution >= 0.6 is 0 Å². The first-order valence-electron chi connectivity index (χ1n) is 8.11. The molecule has 0 aliphatic rings. The summed E-state index contributed by atoms with van der Waals surface area (Å²) in [6.07, 6.45) is 2.38. The van der Waals surface area contributed by atoms with E-state index in [0.717, 1.165) is 18.4 Å². The van der Waals surface area contributed by atoms with Gasteiger partial charge in [0.05, 0.1) is 13.5 Å². The van der Waals surface area contributed by atoms with E-state index in [1.807, 2.05) is 13.8 Å². The normalized spacial score (nSPS) is 10.7. The van der Waals surface area contributed by atoms with Crippen molar-refractivity contribution >= 4 is 11.9 Å². The van der Waals surface area contributed by atoms with Crippen molar-refractivity contribution in [2.75, 3.05) is 20.2 Å². The fraction of sp³-hybridized carbons (Fsp3) is 0.556. The molecular formula is C18H26FNO3. The molecule has 23 heavy (non-hydrogen) atoms. The molecule has 0 bridgehead atoms. The summed E-state index contributed by atoms with van der Waals surface area (Å²) in [6, 6.07) is 6.26. The summed E-state index contributed by atoms with van der Waals surface area (Å²) in [5, 5.41) is 0. The number of benzene rings is 1. The highest BCUT2D eigenvalue weighted by Gasteiger charge is 2.22. The molecule has 0 saturated carbocycles. The number of halogens is 1. The van der Waals surface area contributed by atoms with E-state index in [2.05, 4.69) is 4.74 Å². The van der Waals surface area contributed by atoms with Gasteiger partial charge in [0.25, 0.3) is 0 Å². The molecule has 4 nitrogen and oxygen atoms in total. The molecule has 1 rings (SSSR count). The van der Waals surface area contributed by atoms with Crippen LogP contribution in [0, 0.1) is 11.7 Å². The van der Waals surface area contributed by atoms with Crippen molar-refractivity contribution in [2.45, 2.75) is 39.5 Å². The summed E-state index contributed by atoms with van der Waals surface area (Å²) in [5.41, 5.74) is 0.965. The molecule has 0 aliphatic carbocycles. The Morgan fingerprint density at radius 1 is 1.13 bits per heavy atom. The minimum atomic E-state index is -0.325. The number of ether oxygens (including phenoxy) is 1. The largest absolute Gasteiger partial charge is 0.469 e. The van der Waals surface area contributed by atoms with Gasteiger partial charge in [0, 0.05) is 19.0 Å². The van der Waals surface area contributed by atoms with Crippen LogP contribution in [-0.4, -0.2) is 37.0 Å². The van der Waals surface area contributed by atoms with Gasteiger partial charge in [-0.2, -0.15) is 0 Å². The second-order valence-corrected chi connectivity index (χ2v) is 5.54. The van der Waals surface area contributed by atoms with Crippen molar-refractivity contribution in [3.8, 4) is 0 Å². The summed E-state index contributed by atoms with van der Waals surface area (Å²) >= 11 is 0. The van der Waals surface area contributed by atoms with Gasteiger partial charge in [-0.1, -0.05) is 26.0 Å². The third-order valence-corrected chi connectivity index (χ3v) is 4.04. The zero-order valence-electron chi connectivity index (χ0n) is 14.2. The monoisotopic (exact) mass is 323 g/mol. The molecule has 5 heteroatoms. The number of nitrogens with zero attached hydrogens (tertiary/aromatic N) is 1. The lowest BCUT2D eigenvalue weighted by molar-refractivity contribution is -0.142. The minimum Gasteiger partial charge on any atom is -0.469 e. The molecule has 0 N–H and O–H groups in total. The van der Waals surface area contributed by atoms with Crippen LogP contribution in [0.5, 0.6) is 0 Å². The van der Waals surface area contributed by atoms with Crippen molar-refractivity contribution in [2.24, 2.45) is 5.92 Å². The molecule has 0 aromatic heterocycles. The third-order valence-electron chi connectivity index (χ3n) is 4.04. The van der Waals surface area contributed by atoms with E-state index in [1.54, 1.807) is 17.0 Å². The van der Waals surface area contributed by atoms with Crippen LogP contribution in [0.25, 0.3) is 0 Å². The summed E-state index contributed by atoms with van der Waals surface area (Å²) in [6.45, 7) is 4.84. The maximum absolute atomic E-state index is 12.9. The van der Waals surface area contributed by atoms with E-state index in [-0.39, 0.29) is 30.0 Å². The quantitative estimate of drug-likeness (QED) is 0.656. The Kier molecular flexibility index (Phi) is 8.30. The Hall–Kier alpha value is -1.91. The van der Waals surface area contributed by atoms with E-state index in [1.165, 1.54) is 19.2 Å². The highest BCUT2D eigenvalue weighted by Crippen LogP contribution is 2.14. The molecule has 1 aromatic rings. The molecule has 128 valence electrons. The maximum atomic E-state index is 12.9. The summed E-state index contributed by atoms with van der Waals surface area (Å²) in [5.74, 6) is -0.555. The lowest BCUT2D eigenvalue weighted by Gasteiger charge is -2.26. The standard InChI is InChI=1S/C18H26FNO3/c1-4-15(5-2)18(22)20(13-11-17(21)23-3)12-10-14-6-8-16(19)9-7-14/h6-9,15H,4-5,10-13H2,1-3H3. The lowest BCUT2D eigenvalue weighted by Crippen LogP contribution is -2.38. The summed E-state index contributed by atoms with van der Waals surface area (Å²) < 4.78 is 17.6. The second-order valence-electron chi connectivity index (χ2n) is 5.54. The van der Waals surface area contributed by atoms with Crippen molar-refractivity contribution in [3.05, 3.63) is 35.6 Å². The molecule has 1 aromatic carbocycles. The average molecular weight is 323 g/mol. The fourth-order valence-electron chi connectivity index (χ4n) is 2.47. The molecular weight excluding hydrogens is 297 g/mol. The number of methoxy groups -OCH3 is 1. The highest BCUT2D eigenvalue weighted by atomic mass is 19.1. The van der Waals surface area contributed by atoms with E-state index in [0.29, 0.717) is 19.5 Å². The number of hydrogen-bond acceptors (Lipinski definition) is 3. The topological polar surface area (TPSA) is 46.6 Å². The smallest absolute Gasteiger partial charge is 0.307 e. The fourth-order valence-corrected chi connectivity index (χ4v) is 2.47. The Balaban J connectivity index is 2.71. The molecule has 0 atom stereocenters. The second kappa shape index (κ2) is 9.98. The van der Waals surface area contributed by atoms with E-state index in [4.69, 9.17) is 0 Å². The van der Waals surface area contributed by atoms with Crippen LogP contribution < -0.4 is 0 Å². The zero-order valence-corrected chi connectivity index (χ0v) is 14.2. The van der Waals surface area contributed by atoms with Crippen molar-refractivity contribution < 1.29 is 18.7 Å². The Labute approximate surface area is 137 Å². The van der Waals surface area contributed by atoms with Crippen LogP contribution in [0.3, 0.4) is 0 Å². The number of rotatable bonds is 9. The molecule has 0 aliphatic heterocycles. The van der Waals surface area contributed by atoms with Crippen LogP contribution in [0.1, 0.15) is 38.7 Å². The van der Waals surface area contributed by atoms with Gasteiger partial charge in [-0.3, -0.25) is 9.59 Å². The Bertz CT molecular complexity index is 497. The molecule has 0 unspecified atom stereocenters. The van der Waals surface area contributed by atoms with Crippen LogP contribution in [-0.2, 0) is 20.7 Å². The number of carbonyl (C=O) groups excluding carboxylic acids is 2. The van der Waals surface area contributed by atoms with Gasteiger partial charge in [-0.15, -0.1) is 0 Å². The Morgan fingerprint density at radius 3 is 2.26 bits per heavy atom. The molecule has 0 saturated heterocycles. The van der Waals surface area contributed by atoms with Gasteiger partial charge in [0.15, 0.2) is 0 Å². The van der Waals surface area contributed by atoms with Gasteiger partial charge in [0.2, 0.25) is 5.91 Å². The zero-order chi connectivity index (χ0) is 17.2. The van der Waals surface area contributed by atoms with Gasteiger partial charge < -0.3 is 9.64 Å². The van der Waals surface area contributed by atoms with Gasteiger partial charge >= 0.3 is 5.97 Å².